The van der Waals surface area contributed by atoms with Crippen LogP contribution in [0.2, 0.25) is 0 Å². The first-order valence-corrected chi connectivity index (χ1v) is 5.03. The van der Waals surface area contributed by atoms with Gasteiger partial charge in [0.15, 0.2) is 5.69 Å². The van der Waals surface area contributed by atoms with Crippen LogP contribution < -0.4 is 5.32 Å². The second-order valence-electron chi connectivity index (χ2n) is 3.52. The molecule has 1 heterocycles. The minimum Gasteiger partial charge on any atom is -0.476 e. The number of nitrogens with one attached hydrogen (secondary N) is 2. The Morgan fingerprint density at radius 3 is 2.67 bits per heavy atom. The number of H-pyrrole nitrogens is 1. The zero-order valence-corrected chi connectivity index (χ0v) is 9.08. The van der Waals surface area contributed by atoms with Crippen molar-refractivity contribution in [2.45, 2.75) is 6.54 Å². The van der Waals surface area contributed by atoms with E-state index < -0.39 is 17.6 Å². The Labute approximate surface area is 100 Å². The van der Waals surface area contributed by atoms with Crippen molar-refractivity contribution in [2.24, 2.45) is 0 Å². The van der Waals surface area contributed by atoms with Crippen LogP contribution in [0, 0.1) is 11.6 Å². The van der Waals surface area contributed by atoms with E-state index in [9.17, 15) is 13.6 Å². The summed E-state index contributed by atoms with van der Waals surface area (Å²) in [4.78, 5) is 10.8. The number of aromatic amines is 1. The molecule has 1 aromatic heterocycles. The van der Waals surface area contributed by atoms with E-state index in [0.29, 0.717) is 0 Å². The van der Waals surface area contributed by atoms with Crippen molar-refractivity contribution in [1.29, 1.82) is 0 Å². The number of aromatic carboxylic acids is 1. The van der Waals surface area contributed by atoms with Crippen LogP contribution in [0.25, 0.3) is 0 Å². The predicted molar refractivity (Wildman–Crippen MR) is 59.2 cm³/mol. The highest BCUT2D eigenvalue weighted by Crippen LogP contribution is 2.16. The number of anilines is 1. The average Bonchev–Trinajstić information content (AvgIpc) is 2.76. The van der Waals surface area contributed by atoms with Gasteiger partial charge in [0.25, 0.3) is 0 Å². The molecule has 0 saturated carbocycles. The summed E-state index contributed by atoms with van der Waals surface area (Å²) in [7, 11) is 0. The summed E-state index contributed by atoms with van der Waals surface area (Å²) in [5.41, 5.74) is -0.146. The van der Waals surface area contributed by atoms with E-state index in [4.69, 9.17) is 5.11 Å². The molecule has 7 heteroatoms. The van der Waals surface area contributed by atoms with Crippen LogP contribution in [0.5, 0.6) is 0 Å². The predicted octanol–water partition coefficient (Wildman–Crippen LogP) is 2.00. The highest BCUT2D eigenvalue weighted by Gasteiger charge is 2.14. The zero-order chi connectivity index (χ0) is 13.1. The minimum absolute atomic E-state index is 0.157. The van der Waals surface area contributed by atoms with Gasteiger partial charge in [0.2, 0.25) is 0 Å². The fraction of sp³-hybridized carbons (Fsp3) is 0.0909. The number of nitrogens with zero attached hydrogens (tertiary/aromatic N) is 1. The Bertz CT molecular complexity index is 563. The first-order chi connectivity index (χ1) is 8.59. The quantitative estimate of drug-likeness (QED) is 0.778. The summed E-state index contributed by atoms with van der Waals surface area (Å²) in [6.45, 7) is -0.168. The normalized spacial score (nSPS) is 10.3. The Balaban J connectivity index is 2.17. The van der Waals surface area contributed by atoms with Crippen molar-refractivity contribution in [3.05, 3.63) is 47.3 Å². The summed E-state index contributed by atoms with van der Waals surface area (Å²) in [5, 5.41) is 17.2. The molecule has 94 valence electrons. The maximum absolute atomic E-state index is 13.3. The molecule has 1 aromatic carbocycles. The number of carboxylic acids is 1. The molecule has 0 aliphatic heterocycles. The van der Waals surface area contributed by atoms with E-state index in [1.165, 1.54) is 12.3 Å². The molecule has 18 heavy (non-hydrogen) atoms. The monoisotopic (exact) mass is 253 g/mol. The lowest BCUT2D eigenvalue weighted by Gasteiger charge is -2.07. The second-order valence-corrected chi connectivity index (χ2v) is 3.52. The fourth-order valence-corrected chi connectivity index (χ4v) is 1.47. The smallest absolute Gasteiger partial charge is 0.356 e. The van der Waals surface area contributed by atoms with Crippen LogP contribution in [0.15, 0.2) is 24.4 Å². The molecular formula is C11H9F2N3O2. The van der Waals surface area contributed by atoms with Gasteiger partial charge >= 0.3 is 5.97 Å². The van der Waals surface area contributed by atoms with Crippen molar-refractivity contribution in [2.75, 3.05) is 5.32 Å². The lowest BCUT2D eigenvalue weighted by Crippen LogP contribution is -2.07. The number of hydrogen-bond donors (Lipinski definition) is 3. The summed E-state index contributed by atoms with van der Waals surface area (Å²) in [6, 6.07) is 3.52. The number of carbonyl (C=O) groups is 1. The number of carboxylic acid groups (broad SMARTS) is 1. The molecule has 2 aromatic rings. The zero-order valence-electron chi connectivity index (χ0n) is 9.08. The lowest BCUT2D eigenvalue weighted by atomic mass is 10.2. The van der Waals surface area contributed by atoms with Crippen LogP contribution in [0.4, 0.5) is 14.5 Å². The molecular weight excluding hydrogens is 244 g/mol. The van der Waals surface area contributed by atoms with E-state index in [1.54, 1.807) is 0 Å². The SMILES string of the molecule is O=C(O)c1[nH]ncc1NCc1c(F)cccc1F. The third-order valence-electron chi connectivity index (χ3n) is 2.37. The molecule has 2 rings (SSSR count). The minimum atomic E-state index is -1.20. The van der Waals surface area contributed by atoms with Crippen molar-refractivity contribution in [3.8, 4) is 0 Å². The van der Waals surface area contributed by atoms with Gasteiger partial charge in [-0.2, -0.15) is 5.10 Å². The van der Waals surface area contributed by atoms with Crippen molar-refractivity contribution in [1.82, 2.24) is 10.2 Å². The van der Waals surface area contributed by atoms with Gasteiger partial charge in [-0.3, -0.25) is 5.10 Å². The van der Waals surface area contributed by atoms with Gasteiger partial charge in [-0.25, -0.2) is 13.6 Å². The molecule has 0 radical (unpaired) electrons. The number of rotatable bonds is 4. The molecule has 0 atom stereocenters. The Morgan fingerprint density at radius 1 is 1.39 bits per heavy atom. The highest BCUT2D eigenvalue weighted by molar-refractivity contribution is 5.91. The number of hydrogen-bond acceptors (Lipinski definition) is 3. The first-order valence-electron chi connectivity index (χ1n) is 5.03. The van der Waals surface area contributed by atoms with E-state index in [2.05, 4.69) is 15.5 Å². The third-order valence-corrected chi connectivity index (χ3v) is 2.37. The number of aromatic nitrogens is 2. The van der Waals surface area contributed by atoms with Crippen LogP contribution in [0.3, 0.4) is 0 Å². The lowest BCUT2D eigenvalue weighted by molar-refractivity contribution is 0.0691. The van der Waals surface area contributed by atoms with E-state index in [-0.39, 0.29) is 23.5 Å². The van der Waals surface area contributed by atoms with Gasteiger partial charge in [-0.15, -0.1) is 0 Å². The number of benzene rings is 1. The van der Waals surface area contributed by atoms with Crippen molar-refractivity contribution < 1.29 is 18.7 Å². The third kappa shape index (κ3) is 2.29. The maximum atomic E-state index is 13.3. The van der Waals surface area contributed by atoms with Crippen LogP contribution in [-0.4, -0.2) is 21.3 Å². The van der Waals surface area contributed by atoms with E-state index in [0.717, 1.165) is 12.1 Å². The Hall–Kier alpha value is -2.44. The van der Waals surface area contributed by atoms with E-state index in [1.807, 2.05) is 0 Å². The number of halogens is 2. The van der Waals surface area contributed by atoms with Gasteiger partial charge in [-0.1, -0.05) is 6.07 Å². The van der Waals surface area contributed by atoms with E-state index >= 15 is 0 Å². The van der Waals surface area contributed by atoms with Crippen molar-refractivity contribution >= 4 is 11.7 Å². The summed E-state index contributed by atoms with van der Waals surface area (Å²) < 4.78 is 26.6. The van der Waals surface area contributed by atoms with Crippen LogP contribution in [-0.2, 0) is 6.54 Å². The van der Waals surface area contributed by atoms with Crippen molar-refractivity contribution in [3.63, 3.8) is 0 Å². The topological polar surface area (TPSA) is 78.0 Å². The molecule has 0 unspecified atom stereocenters. The Kier molecular flexibility index (Phi) is 3.22. The molecule has 0 bridgehead atoms. The molecule has 0 fully saturated rings. The molecule has 3 N–H and O–H groups in total. The van der Waals surface area contributed by atoms with Gasteiger partial charge < -0.3 is 10.4 Å². The van der Waals surface area contributed by atoms with Crippen LogP contribution >= 0.6 is 0 Å². The highest BCUT2D eigenvalue weighted by atomic mass is 19.1. The average molecular weight is 253 g/mol. The first kappa shape index (κ1) is 12.0. The molecule has 0 saturated heterocycles. The summed E-state index contributed by atoms with van der Waals surface area (Å²) in [6.07, 6.45) is 1.24. The summed E-state index contributed by atoms with van der Waals surface area (Å²) >= 11 is 0. The molecule has 0 spiro atoms. The van der Waals surface area contributed by atoms with Gasteiger partial charge in [0.1, 0.15) is 11.6 Å². The maximum Gasteiger partial charge on any atom is 0.356 e. The van der Waals surface area contributed by atoms with Gasteiger partial charge in [0, 0.05) is 12.1 Å². The largest absolute Gasteiger partial charge is 0.476 e. The van der Waals surface area contributed by atoms with Crippen LogP contribution in [0.1, 0.15) is 16.1 Å². The molecule has 5 nitrogen and oxygen atoms in total. The second kappa shape index (κ2) is 4.82. The molecule has 0 aliphatic rings. The summed E-state index contributed by atoms with van der Waals surface area (Å²) in [5.74, 6) is -2.59. The standard InChI is InChI=1S/C11H9F2N3O2/c12-7-2-1-3-8(13)6(7)4-14-9-5-15-16-10(9)11(17)18/h1-3,5,14H,4H2,(H,15,16)(H,17,18). The fourth-order valence-electron chi connectivity index (χ4n) is 1.47. The molecule has 0 amide bonds. The Morgan fingerprint density at radius 2 is 2.06 bits per heavy atom. The van der Waals surface area contributed by atoms with Gasteiger partial charge in [-0.05, 0) is 12.1 Å². The molecule has 0 aliphatic carbocycles. The van der Waals surface area contributed by atoms with Gasteiger partial charge in [0.05, 0.1) is 11.9 Å².